The van der Waals surface area contributed by atoms with E-state index in [-0.39, 0.29) is 5.54 Å². The number of halogens is 1. The number of rotatable bonds is 4. The van der Waals surface area contributed by atoms with E-state index in [1.54, 1.807) is 0 Å². The smallest absolute Gasteiger partial charge is 0.0659 e. The molecule has 0 saturated carbocycles. The highest BCUT2D eigenvalue weighted by Gasteiger charge is 2.09. The standard InChI is InChI=1S/C15H20IN3/c1-15(2,3)17-8-13-9-18-19(11-13)10-12-4-6-14(16)7-5-12/h4-7,9,11,17H,8,10H2,1-3H3. The van der Waals surface area contributed by atoms with Crippen LogP contribution < -0.4 is 5.32 Å². The lowest BCUT2D eigenvalue weighted by Gasteiger charge is -2.19. The Morgan fingerprint density at radius 1 is 1.16 bits per heavy atom. The van der Waals surface area contributed by atoms with Gasteiger partial charge in [-0.2, -0.15) is 5.10 Å². The highest BCUT2D eigenvalue weighted by molar-refractivity contribution is 14.1. The summed E-state index contributed by atoms with van der Waals surface area (Å²) in [7, 11) is 0. The van der Waals surface area contributed by atoms with E-state index >= 15 is 0 Å². The van der Waals surface area contributed by atoms with E-state index in [1.165, 1.54) is 14.7 Å². The Balaban J connectivity index is 1.95. The van der Waals surface area contributed by atoms with E-state index < -0.39 is 0 Å². The first-order valence-electron chi connectivity index (χ1n) is 6.43. The predicted octanol–water partition coefficient (Wildman–Crippen LogP) is 3.42. The van der Waals surface area contributed by atoms with Gasteiger partial charge in [0.25, 0.3) is 0 Å². The molecule has 1 N–H and O–H groups in total. The molecule has 0 aliphatic heterocycles. The summed E-state index contributed by atoms with van der Waals surface area (Å²) in [5.41, 5.74) is 2.64. The second-order valence-electron chi connectivity index (χ2n) is 5.78. The molecule has 0 spiro atoms. The number of hydrogen-bond donors (Lipinski definition) is 1. The molecule has 19 heavy (non-hydrogen) atoms. The minimum absolute atomic E-state index is 0.137. The van der Waals surface area contributed by atoms with Gasteiger partial charge in [0.15, 0.2) is 0 Å². The van der Waals surface area contributed by atoms with Crippen molar-refractivity contribution in [2.75, 3.05) is 0 Å². The Kier molecular flexibility index (Phi) is 4.62. The first-order chi connectivity index (χ1) is 8.92. The van der Waals surface area contributed by atoms with Gasteiger partial charge in [-0.3, -0.25) is 4.68 Å². The van der Waals surface area contributed by atoms with Crippen molar-refractivity contribution in [3.63, 3.8) is 0 Å². The molecular formula is C15H20IN3. The molecule has 4 heteroatoms. The summed E-state index contributed by atoms with van der Waals surface area (Å²) in [6.45, 7) is 8.19. The highest BCUT2D eigenvalue weighted by Crippen LogP contribution is 2.09. The molecule has 2 rings (SSSR count). The molecule has 0 aliphatic rings. The van der Waals surface area contributed by atoms with Crippen LogP contribution in [0.15, 0.2) is 36.7 Å². The third-order valence-corrected chi connectivity index (χ3v) is 3.49. The van der Waals surface area contributed by atoms with Crippen LogP contribution in [0.25, 0.3) is 0 Å². The molecule has 0 fully saturated rings. The first-order valence-corrected chi connectivity index (χ1v) is 7.51. The van der Waals surface area contributed by atoms with E-state index in [4.69, 9.17) is 0 Å². The third kappa shape index (κ3) is 4.95. The zero-order chi connectivity index (χ0) is 13.9. The number of nitrogens with zero attached hydrogens (tertiary/aromatic N) is 2. The van der Waals surface area contributed by atoms with Crippen LogP contribution in [-0.2, 0) is 13.1 Å². The Bertz CT molecular complexity index is 523. The maximum atomic E-state index is 4.41. The summed E-state index contributed by atoms with van der Waals surface area (Å²) in [4.78, 5) is 0. The molecule has 0 amide bonds. The van der Waals surface area contributed by atoms with Gasteiger partial charge in [-0.1, -0.05) is 12.1 Å². The van der Waals surface area contributed by atoms with Crippen LogP contribution >= 0.6 is 22.6 Å². The molecule has 1 heterocycles. The molecule has 0 radical (unpaired) electrons. The van der Waals surface area contributed by atoms with Crippen LogP contribution in [0.1, 0.15) is 31.9 Å². The number of nitrogens with one attached hydrogen (secondary N) is 1. The van der Waals surface area contributed by atoms with Crippen molar-refractivity contribution in [2.24, 2.45) is 0 Å². The third-order valence-electron chi connectivity index (χ3n) is 2.77. The SMILES string of the molecule is CC(C)(C)NCc1cnn(Cc2ccc(I)cc2)c1. The number of aromatic nitrogens is 2. The second-order valence-corrected chi connectivity index (χ2v) is 7.02. The van der Waals surface area contributed by atoms with Gasteiger partial charge in [0.2, 0.25) is 0 Å². The van der Waals surface area contributed by atoms with Crippen molar-refractivity contribution >= 4 is 22.6 Å². The van der Waals surface area contributed by atoms with Crippen LogP contribution in [0.3, 0.4) is 0 Å². The zero-order valence-corrected chi connectivity index (χ0v) is 13.8. The van der Waals surface area contributed by atoms with Gasteiger partial charge in [-0.05, 0) is 61.1 Å². The molecule has 1 aromatic heterocycles. The van der Waals surface area contributed by atoms with Crippen LogP contribution in [0.4, 0.5) is 0 Å². The molecule has 0 bridgehead atoms. The fraction of sp³-hybridized carbons (Fsp3) is 0.400. The molecule has 102 valence electrons. The lowest BCUT2D eigenvalue weighted by molar-refractivity contribution is 0.424. The van der Waals surface area contributed by atoms with Gasteiger partial charge >= 0.3 is 0 Å². The average molecular weight is 369 g/mol. The summed E-state index contributed by atoms with van der Waals surface area (Å²) in [5, 5.41) is 7.88. The van der Waals surface area contributed by atoms with Gasteiger partial charge < -0.3 is 5.32 Å². The zero-order valence-electron chi connectivity index (χ0n) is 11.7. The summed E-state index contributed by atoms with van der Waals surface area (Å²) in [6, 6.07) is 8.55. The fourth-order valence-corrected chi connectivity index (χ4v) is 2.09. The summed E-state index contributed by atoms with van der Waals surface area (Å²) < 4.78 is 3.25. The van der Waals surface area contributed by atoms with Crippen molar-refractivity contribution < 1.29 is 0 Å². The molecule has 0 aliphatic carbocycles. The quantitative estimate of drug-likeness (QED) is 0.837. The average Bonchev–Trinajstić information content (AvgIpc) is 2.77. The number of hydrogen-bond acceptors (Lipinski definition) is 2. The van der Waals surface area contributed by atoms with Crippen LogP contribution in [-0.4, -0.2) is 15.3 Å². The molecular weight excluding hydrogens is 349 g/mol. The molecule has 2 aromatic rings. The van der Waals surface area contributed by atoms with Crippen molar-refractivity contribution in [2.45, 2.75) is 39.4 Å². The maximum Gasteiger partial charge on any atom is 0.0659 e. The van der Waals surface area contributed by atoms with Crippen molar-refractivity contribution in [1.29, 1.82) is 0 Å². The Morgan fingerprint density at radius 3 is 2.47 bits per heavy atom. The number of benzene rings is 1. The molecule has 0 unspecified atom stereocenters. The fourth-order valence-electron chi connectivity index (χ4n) is 1.73. The molecule has 3 nitrogen and oxygen atoms in total. The van der Waals surface area contributed by atoms with E-state index in [2.05, 4.69) is 84.2 Å². The topological polar surface area (TPSA) is 29.9 Å². The van der Waals surface area contributed by atoms with Crippen LogP contribution in [0, 0.1) is 3.57 Å². The van der Waals surface area contributed by atoms with Gasteiger partial charge in [0.1, 0.15) is 0 Å². The van der Waals surface area contributed by atoms with Crippen molar-refractivity contribution in [3.05, 3.63) is 51.4 Å². The Morgan fingerprint density at radius 2 is 1.84 bits per heavy atom. The summed E-state index contributed by atoms with van der Waals surface area (Å²) in [5.74, 6) is 0. The van der Waals surface area contributed by atoms with E-state index in [1.807, 2.05) is 10.9 Å². The van der Waals surface area contributed by atoms with Crippen molar-refractivity contribution in [1.82, 2.24) is 15.1 Å². The Hall–Kier alpha value is -0.880. The van der Waals surface area contributed by atoms with Gasteiger partial charge in [-0.25, -0.2) is 0 Å². The van der Waals surface area contributed by atoms with Crippen LogP contribution in [0.5, 0.6) is 0 Å². The molecule has 1 aromatic carbocycles. The predicted molar refractivity (Wildman–Crippen MR) is 87.1 cm³/mol. The van der Waals surface area contributed by atoms with Crippen LogP contribution in [0.2, 0.25) is 0 Å². The highest BCUT2D eigenvalue weighted by atomic mass is 127. The largest absolute Gasteiger partial charge is 0.308 e. The summed E-state index contributed by atoms with van der Waals surface area (Å²) >= 11 is 2.32. The van der Waals surface area contributed by atoms with Gasteiger partial charge in [0.05, 0.1) is 12.7 Å². The normalized spacial score (nSPS) is 11.8. The minimum Gasteiger partial charge on any atom is -0.308 e. The lowest BCUT2D eigenvalue weighted by Crippen LogP contribution is -2.34. The van der Waals surface area contributed by atoms with E-state index in [0.29, 0.717) is 0 Å². The Labute approximate surface area is 128 Å². The van der Waals surface area contributed by atoms with E-state index in [9.17, 15) is 0 Å². The first kappa shape index (κ1) is 14.5. The maximum absolute atomic E-state index is 4.41. The molecule has 0 atom stereocenters. The summed E-state index contributed by atoms with van der Waals surface area (Å²) in [6.07, 6.45) is 4.04. The van der Waals surface area contributed by atoms with Gasteiger partial charge in [-0.15, -0.1) is 0 Å². The van der Waals surface area contributed by atoms with Gasteiger partial charge in [0, 0.05) is 27.4 Å². The lowest BCUT2D eigenvalue weighted by atomic mass is 10.1. The monoisotopic (exact) mass is 369 g/mol. The van der Waals surface area contributed by atoms with E-state index in [0.717, 1.165) is 13.1 Å². The second kappa shape index (κ2) is 6.05. The minimum atomic E-state index is 0.137. The van der Waals surface area contributed by atoms with Crippen molar-refractivity contribution in [3.8, 4) is 0 Å². The molecule has 0 saturated heterocycles.